The molecule has 0 aromatic carbocycles. The van der Waals surface area contributed by atoms with Gasteiger partial charge in [-0.05, 0) is 61.9 Å². The lowest BCUT2D eigenvalue weighted by Crippen LogP contribution is -2.82. The predicted molar refractivity (Wildman–Crippen MR) is 95.0 cm³/mol. The number of hydrogen-bond acceptors (Lipinski definition) is 4. The van der Waals surface area contributed by atoms with Gasteiger partial charge in [-0.15, -0.1) is 0 Å². The van der Waals surface area contributed by atoms with Crippen molar-refractivity contribution in [2.45, 2.75) is 70.4 Å². The van der Waals surface area contributed by atoms with E-state index in [9.17, 15) is 4.79 Å². The van der Waals surface area contributed by atoms with Gasteiger partial charge in [0.1, 0.15) is 12.5 Å². The summed E-state index contributed by atoms with van der Waals surface area (Å²) in [5, 5.41) is 0. The lowest BCUT2D eigenvalue weighted by Gasteiger charge is -2.78. The molecule has 26 heavy (non-hydrogen) atoms. The van der Waals surface area contributed by atoms with Crippen molar-refractivity contribution in [1.82, 2.24) is 4.90 Å². The zero-order valence-electron chi connectivity index (χ0n) is 15.7. The van der Waals surface area contributed by atoms with Crippen LogP contribution in [-0.2, 0) is 14.3 Å². The first-order chi connectivity index (χ1) is 12.5. The molecular formula is C22H29NO3. The summed E-state index contributed by atoms with van der Waals surface area (Å²) in [6.07, 6.45) is 8.74. The highest BCUT2D eigenvalue weighted by Crippen LogP contribution is 2.78. The van der Waals surface area contributed by atoms with Crippen LogP contribution in [-0.4, -0.2) is 42.4 Å². The van der Waals surface area contributed by atoms with Crippen LogP contribution in [0.3, 0.4) is 0 Å². The summed E-state index contributed by atoms with van der Waals surface area (Å²) in [6, 6.07) is 0. The molecule has 9 rings (SSSR count). The van der Waals surface area contributed by atoms with E-state index in [-0.39, 0.29) is 34.8 Å². The summed E-state index contributed by atoms with van der Waals surface area (Å²) in [7, 11) is 0. The maximum Gasteiger partial charge on any atom is 0.167 e. The first-order valence-electron chi connectivity index (χ1n) is 10.8. The Balaban J connectivity index is 1.46. The Morgan fingerprint density at radius 3 is 2.92 bits per heavy atom. The van der Waals surface area contributed by atoms with Gasteiger partial charge in [0.2, 0.25) is 0 Å². The van der Waals surface area contributed by atoms with E-state index in [0.717, 1.165) is 38.0 Å². The van der Waals surface area contributed by atoms with Crippen LogP contribution in [0, 0.1) is 34.0 Å². The summed E-state index contributed by atoms with van der Waals surface area (Å²) in [5.41, 5.74) is 1.07. The van der Waals surface area contributed by atoms with Crippen molar-refractivity contribution >= 4 is 5.78 Å². The predicted octanol–water partition coefficient (Wildman–Crippen LogP) is 3.12. The fourth-order valence-corrected chi connectivity index (χ4v) is 9.47. The van der Waals surface area contributed by atoms with Gasteiger partial charge in [0.15, 0.2) is 5.78 Å². The number of ether oxygens (including phenoxy) is 2. The van der Waals surface area contributed by atoms with Gasteiger partial charge in [-0.25, -0.2) is 4.90 Å². The third kappa shape index (κ3) is 1.27. The standard InChI is InChI=1S/C22H29NO3/c1-12-13-4-7-22(17(12)24)15(10-13)21-6-3-5-20(2)14(21)11-16(22)26-19(21)23-8-9-25-18(20)23/h13-16,18-19H,1,3-11H2,2H3/t13-,14?,15?,16+,18+,19+,20+,21-,22?/m0/s1. The van der Waals surface area contributed by atoms with Gasteiger partial charge in [0, 0.05) is 17.4 Å². The molecule has 4 aliphatic heterocycles. The number of Topliss-reactive ketones (excluding diaryl/α,β-unsaturated/α-hetero) is 1. The molecule has 4 heterocycles. The average molecular weight is 355 g/mol. The van der Waals surface area contributed by atoms with E-state index in [2.05, 4.69) is 18.4 Å². The van der Waals surface area contributed by atoms with E-state index in [0.29, 0.717) is 23.5 Å². The maximum absolute atomic E-state index is 13.5. The monoisotopic (exact) mass is 355 g/mol. The highest BCUT2D eigenvalue weighted by Gasteiger charge is 2.81. The lowest BCUT2D eigenvalue weighted by atomic mass is 9.32. The minimum Gasteiger partial charge on any atom is -0.361 e. The number of carbonyl (C=O) groups is 1. The van der Waals surface area contributed by atoms with Crippen LogP contribution < -0.4 is 0 Å². The number of allylic oxidation sites excluding steroid dienone is 1. The number of carbonyl (C=O) groups excluding carboxylic acids is 1. The lowest BCUT2D eigenvalue weighted by molar-refractivity contribution is -0.404. The van der Waals surface area contributed by atoms with E-state index < -0.39 is 0 Å². The smallest absolute Gasteiger partial charge is 0.167 e. The molecule has 140 valence electrons. The van der Waals surface area contributed by atoms with Crippen LogP contribution in [0.2, 0.25) is 0 Å². The molecule has 4 saturated heterocycles. The number of piperidine rings is 1. The topological polar surface area (TPSA) is 38.8 Å². The maximum atomic E-state index is 13.5. The fraction of sp³-hybridized carbons (Fsp3) is 0.864. The van der Waals surface area contributed by atoms with Crippen molar-refractivity contribution in [2.75, 3.05) is 13.2 Å². The van der Waals surface area contributed by atoms with Crippen LogP contribution >= 0.6 is 0 Å². The molecule has 9 atom stereocenters. The van der Waals surface area contributed by atoms with E-state index in [4.69, 9.17) is 9.47 Å². The first-order valence-corrected chi connectivity index (χ1v) is 10.8. The Morgan fingerprint density at radius 1 is 1.15 bits per heavy atom. The number of rotatable bonds is 0. The summed E-state index contributed by atoms with van der Waals surface area (Å²) >= 11 is 0. The van der Waals surface area contributed by atoms with Crippen LogP contribution in [0.1, 0.15) is 51.9 Å². The van der Waals surface area contributed by atoms with E-state index in [1.54, 1.807) is 0 Å². The van der Waals surface area contributed by atoms with Gasteiger partial charge in [-0.3, -0.25) is 4.79 Å². The molecule has 7 bridgehead atoms. The van der Waals surface area contributed by atoms with Crippen LogP contribution in [0.4, 0.5) is 0 Å². The third-order valence-corrected chi connectivity index (χ3v) is 10.2. The number of nitrogens with zero attached hydrogens (tertiary/aromatic N) is 1. The first kappa shape index (κ1) is 15.2. The van der Waals surface area contributed by atoms with Crippen molar-refractivity contribution < 1.29 is 14.3 Å². The molecule has 4 heteroatoms. The fourth-order valence-electron chi connectivity index (χ4n) is 9.47. The molecule has 2 spiro atoms. The summed E-state index contributed by atoms with van der Waals surface area (Å²) in [4.78, 5) is 16.1. The second-order valence-electron chi connectivity index (χ2n) is 10.6. The Kier molecular flexibility index (Phi) is 2.53. The molecule has 5 aliphatic carbocycles. The van der Waals surface area contributed by atoms with Gasteiger partial charge in [-0.1, -0.05) is 19.9 Å². The zero-order valence-corrected chi connectivity index (χ0v) is 15.7. The molecule has 4 nitrogen and oxygen atoms in total. The van der Waals surface area contributed by atoms with Gasteiger partial charge in [0.05, 0.1) is 18.1 Å². The van der Waals surface area contributed by atoms with Gasteiger partial charge in [-0.2, -0.15) is 0 Å². The van der Waals surface area contributed by atoms with Gasteiger partial charge >= 0.3 is 0 Å². The molecule has 0 aromatic heterocycles. The van der Waals surface area contributed by atoms with Crippen LogP contribution in [0.25, 0.3) is 0 Å². The highest BCUT2D eigenvalue weighted by atomic mass is 16.6. The molecule has 0 aromatic rings. The van der Waals surface area contributed by atoms with Crippen molar-refractivity contribution in [2.24, 2.45) is 34.0 Å². The zero-order chi connectivity index (χ0) is 17.5. The number of fused-ring (bicyclic) bond motifs is 4. The van der Waals surface area contributed by atoms with Gasteiger partial charge in [0.25, 0.3) is 0 Å². The quantitative estimate of drug-likeness (QED) is 0.626. The van der Waals surface area contributed by atoms with E-state index in [1.807, 2.05) is 0 Å². The van der Waals surface area contributed by atoms with Crippen LogP contribution in [0.15, 0.2) is 12.2 Å². The largest absolute Gasteiger partial charge is 0.361 e. The summed E-state index contributed by atoms with van der Waals surface area (Å²) in [5.74, 6) is 1.98. The Labute approximate surface area is 155 Å². The Morgan fingerprint density at radius 2 is 2.04 bits per heavy atom. The SMILES string of the molecule is C=C1C(=O)C23CC[C@H]1CC2[C@]12CCC[C@]4(C)C1C[C@H]3O[C@H]2N1CCO[C@@H]14. The van der Waals surface area contributed by atoms with Crippen LogP contribution in [0.5, 0.6) is 0 Å². The minimum absolute atomic E-state index is 0.105. The molecule has 5 saturated carbocycles. The minimum atomic E-state index is -0.246. The van der Waals surface area contributed by atoms with Crippen molar-refractivity contribution in [3.63, 3.8) is 0 Å². The second kappa shape index (κ2) is 4.31. The number of hydrogen-bond donors (Lipinski definition) is 0. The van der Waals surface area contributed by atoms with Crippen molar-refractivity contribution in [3.05, 3.63) is 12.2 Å². The molecule has 0 radical (unpaired) electrons. The third-order valence-electron chi connectivity index (χ3n) is 10.2. The van der Waals surface area contributed by atoms with E-state index in [1.165, 1.54) is 25.7 Å². The van der Waals surface area contributed by atoms with Gasteiger partial charge < -0.3 is 9.47 Å². The normalized spacial score (nSPS) is 62.3. The second-order valence-corrected chi connectivity index (χ2v) is 10.6. The molecule has 3 unspecified atom stereocenters. The summed E-state index contributed by atoms with van der Waals surface area (Å²) < 4.78 is 13.2. The molecular weight excluding hydrogens is 326 g/mol. The molecule has 9 aliphatic rings. The Hall–Kier alpha value is -0.710. The molecule has 9 fully saturated rings. The van der Waals surface area contributed by atoms with Crippen molar-refractivity contribution in [1.29, 1.82) is 0 Å². The summed E-state index contributed by atoms with van der Waals surface area (Å²) in [6.45, 7) is 8.55. The van der Waals surface area contributed by atoms with Crippen molar-refractivity contribution in [3.8, 4) is 0 Å². The molecule has 0 amide bonds. The Bertz CT molecular complexity index is 750. The molecule has 0 N–H and O–H groups in total. The number of ketones is 1. The average Bonchev–Trinajstić information content (AvgIpc) is 3.14. The van der Waals surface area contributed by atoms with E-state index >= 15 is 0 Å². The highest BCUT2D eigenvalue weighted by molar-refractivity contribution is 6.02.